The summed E-state index contributed by atoms with van der Waals surface area (Å²) in [6, 6.07) is 7.82. The van der Waals surface area contributed by atoms with E-state index in [9.17, 15) is 8.42 Å². The first-order valence-electron chi connectivity index (χ1n) is 13.1. The zero-order chi connectivity index (χ0) is 25.3. The number of aromatic nitrogens is 2. The zero-order valence-electron chi connectivity index (χ0n) is 21.7. The lowest BCUT2D eigenvalue weighted by Gasteiger charge is -2.36. The zero-order valence-corrected chi connectivity index (χ0v) is 22.5. The molecular formula is C26H38N6O3S. The summed E-state index contributed by atoms with van der Waals surface area (Å²) in [5, 5.41) is 9.00. The Kier molecular flexibility index (Phi) is 7.48. The van der Waals surface area contributed by atoms with Crippen molar-refractivity contribution in [2.24, 2.45) is 0 Å². The minimum absolute atomic E-state index is 0.399. The molecule has 10 heteroatoms. The molecule has 0 spiro atoms. The van der Waals surface area contributed by atoms with E-state index in [-0.39, 0.29) is 0 Å². The van der Waals surface area contributed by atoms with Crippen molar-refractivity contribution in [1.82, 2.24) is 19.4 Å². The van der Waals surface area contributed by atoms with E-state index in [4.69, 9.17) is 4.74 Å². The third kappa shape index (κ3) is 5.37. The molecule has 3 saturated heterocycles. The molecule has 1 aromatic heterocycles. The van der Waals surface area contributed by atoms with Gasteiger partial charge in [-0.15, -0.1) is 10.2 Å². The Balaban J connectivity index is 1.15. The van der Waals surface area contributed by atoms with Gasteiger partial charge < -0.3 is 14.5 Å². The van der Waals surface area contributed by atoms with Crippen LogP contribution in [0.3, 0.4) is 0 Å². The van der Waals surface area contributed by atoms with Gasteiger partial charge in [0.05, 0.1) is 11.0 Å². The Morgan fingerprint density at radius 3 is 1.97 bits per heavy atom. The Bertz CT molecular complexity index is 1150. The topological polar surface area (TPSA) is 82.1 Å². The molecule has 1 unspecified atom stereocenters. The van der Waals surface area contributed by atoms with E-state index in [1.54, 1.807) is 10.4 Å². The van der Waals surface area contributed by atoms with Crippen molar-refractivity contribution in [3.05, 3.63) is 41.0 Å². The van der Waals surface area contributed by atoms with E-state index in [0.717, 1.165) is 67.7 Å². The molecule has 0 saturated carbocycles. The van der Waals surface area contributed by atoms with Crippen molar-refractivity contribution in [2.75, 3.05) is 75.3 Å². The maximum absolute atomic E-state index is 13.3. The second-order valence-electron chi connectivity index (χ2n) is 10.3. The number of ether oxygens (including phenoxy) is 1. The highest BCUT2D eigenvalue weighted by atomic mass is 32.2. The average molecular weight is 515 g/mol. The number of sulfonamides is 1. The van der Waals surface area contributed by atoms with Crippen LogP contribution >= 0.6 is 0 Å². The van der Waals surface area contributed by atoms with E-state index in [2.05, 4.69) is 24.9 Å². The molecular weight excluding hydrogens is 476 g/mol. The molecule has 1 aromatic carbocycles. The predicted octanol–water partition coefficient (Wildman–Crippen LogP) is 2.21. The molecule has 3 fully saturated rings. The molecule has 0 aliphatic carbocycles. The van der Waals surface area contributed by atoms with E-state index in [1.165, 1.54) is 12.8 Å². The Labute approximate surface area is 215 Å². The first kappa shape index (κ1) is 25.4. The second-order valence-corrected chi connectivity index (χ2v) is 12.2. The van der Waals surface area contributed by atoms with Crippen LogP contribution < -0.4 is 9.80 Å². The molecule has 5 rings (SSSR count). The molecule has 0 amide bonds. The van der Waals surface area contributed by atoms with Gasteiger partial charge in [0.2, 0.25) is 10.0 Å². The van der Waals surface area contributed by atoms with Gasteiger partial charge in [-0.25, -0.2) is 8.42 Å². The smallest absolute Gasteiger partial charge is 0.243 e. The van der Waals surface area contributed by atoms with Crippen LogP contribution in [-0.4, -0.2) is 99.4 Å². The number of aryl methyl sites for hydroxylation is 3. The number of nitrogens with zero attached hydrogens (tertiary/aromatic N) is 6. The van der Waals surface area contributed by atoms with Gasteiger partial charge in [-0.1, -0.05) is 6.07 Å². The minimum Gasteiger partial charge on any atom is -0.377 e. The molecule has 3 aliphatic rings. The normalized spacial score (nSPS) is 22.4. The quantitative estimate of drug-likeness (QED) is 0.581. The molecule has 36 heavy (non-hydrogen) atoms. The monoisotopic (exact) mass is 514 g/mol. The van der Waals surface area contributed by atoms with Crippen molar-refractivity contribution < 1.29 is 13.2 Å². The Hall–Kier alpha value is -2.27. The van der Waals surface area contributed by atoms with Gasteiger partial charge in [-0.2, -0.15) is 4.31 Å². The Morgan fingerprint density at radius 1 is 0.833 bits per heavy atom. The lowest BCUT2D eigenvalue weighted by molar-refractivity contribution is 0.0712. The van der Waals surface area contributed by atoms with Crippen LogP contribution in [0.1, 0.15) is 29.5 Å². The van der Waals surface area contributed by atoms with Gasteiger partial charge in [0.15, 0.2) is 11.6 Å². The highest BCUT2D eigenvalue weighted by Crippen LogP contribution is 2.26. The highest BCUT2D eigenvalue weighted by Gasteiger charge is 2.31. The van der Waals surface area contributed by atoms with Gasteiger partial charge in [0.1, 0.15) is 0 Å². The largest absolute Gasteiger partial charge is 0.377 e. The number of benzene rings is 1. The van der Waals surface area contributed by atoms with Crippen molar-refractivity contribution in [1.29, 1.82) is 0 Å². The van der Waals surface area contributed by atoms with E-state index < -0.39 is 10.0 Å². The van der Waals surface area contributed by atoms with Crippen LogP contribution in [0.2, 0.25) is 0 Å². The van der Waals surface area contributed by atoms with Gasteiger partial charge in [0, 0.05) is 65.5 Å². The number of hydrogen-bond acceptors (Lipinski definition) is 8. The lowest BCUT2D eigenvalue weighted by Crippen LogP contribution is -2.49. The third-order valence-electron chi connectivity index (χ3n) is 7.79. The maximum Gasteiger partial charge on any atom is 0.243 e. The standard InChI is InChI=1S/C26H38N6O3S/c1-20-17-22(3)24(18-21(20)2)36(33,34)32-14-12-31(13-15-32)26-7-6-25(27-28-26)30-10-8-29(9-11-30)19-23-5-4-16-35-23/h6-7,17-18,23H,4-5,8-16,19H2,1-3H3. The fraction of sp³-hybridized carbons (Fsp3) is 0.615. The number of piperazine rings is 2. The van der Waals surface area contributed by atoms with Gasteiger partial charge >= 0.3 is 0 Å². The molecule has 0 bridgehead atoms. The molecule has 1 atom stereocenters. The molecule has 9 nitrogen and oxygen atoms in total. The lowest BCUT2D eigenvalue weighted by atomic mass is 10.1. The van der Waals surface area contributed by atoms with Gasteiger partial charge in [-0.3, -0.25) is 4.90 Å². The summed E-state index contributed by atoms with van der Waals surface area (Å²) >= 11 is 0. The number of hydrogen-bond donors (Lipinski definition) is 0. The van der Waals surface area contributed by atoms with Crippen LogP contribution in [0, 0.1) is 20.8 Å². The first-order chi connectivity index (χ1) is 17.3. The predicted molar refractivity (Wildman–Crippen MR) is 141 cm³/mol. The van der Waals surface area contributed by atoms with E-state index >= 15 is 0 Å². The van der Waals surface area contributed by atoms with Crippen LogP contribution in [0.15, 0.2) is 29.2 Å². The molecule has 196 valence electrons. The summed E-state index contributed by atoms with van der Waals surface area (Å²) in [4.78, 5) is 7.31. The fourth-order valence-corrected chi connectivity index (χ4v) is 7.11. The minimum atomic E-state index is -3.52. The van der Waals surface area contributed by atoms with Crippen molar-refractivity contribution in [3.63, 3.8) is 0 Å². The summed E-state index contributed by atoms with van der Waals surface area (Å²) in [6.45, 7) is 13.7. The van der Waals surface area contributed by atoms with Gasteiger partial charge in [-0.05, 0) is 68.5 Å². The molecule has 4 heterocycles. The number of rotatable bonds is 6. The Morgan fingerprint density at radius 2 is 1.42 bits per heavy atom. The fourth-order valence-electron chi connectivity index (χ4n) is 5.40. The second kappa shape index (κ2) is 10.6. The summed E-state index contributed by atoms with van der Waals surface area (Å²) in [5.74, 6) is 1.71. The summed E-state index contributed by atoms with van der Waals surface area (Å²) < 4.78 is 34.0. The molecule has 3 aliphatic heterocycles. The first-order valence-corrected chi connectivity index (χ1v) is 14.5. The van der Waals surface area contributed by atoms with Crippen molar-refractivity contribution in [3.8, 4) is 0 Å². The summed E-state index contributed by atoms with van der Waals surface area (Å²) in [7, 11) is -3.52. The maximum atomic E-state index is 13.3. The summed E-state index contributed by atoms with van der Waals surface area (Å²) in [5.41, 5.74) is 2.91. The van der Waals surface area contributed by atoms with Crippen molar-refractivity contribution in [2.45, 2.75) is 44.6 Å². The molecule has 0 N–H and O–H groups in total. The molecule has 0 radical (unpaired) electrons. The van der Waals surface area contributed by atoms with E-state index in [0.29, 0.717) is 37.2 Å². The summed E-state index contributed by atoms with van der Waals surface area (Å²) in [6.07, 6.45) is 2.76. The van der Waals surface area contributed by atoms with Crippen LogP contribution in [0.5, 0.6) is 0 Å². The SMILES string of the molecule is Cc1cc(C)c(S(=O)(=O)N2CCN(c3ccc(N4CCN(CC5CCCO5)CC4)nn3)CC2)cc1C. The third-order valence-corrected chi connectivity index (χ3v) is 9.83. The van der Waals surface area contributed by atoms with Crippen LogP contribution in [-0.2, 0) is 14.8 Å². The van der Waals surface area contributed by atoms with Crippen LogP contribution in [0.25, 0.3) is 0 Å². The number of anilines is 2. The van der Waals surface area contributed by atoms with E-state index in [1.807, 2.05) is 39.0 Å². The van der Waals surface area contributed by atoms with Crippen LogP contribution in [0.4, 0.5) is 11.6 Å². The van der Waals surface area contributed by atoms with Gasteiger partial charge in [0.25, 0.3) is 0 Å². The molecule has 2 aromatic rings. The highest BCUT2D eigenvalue weighted by molar-refractivity contribution is 7.89. The van der Waals surface area contributed by atoms with Crippen molar-refractivity contribution >= 4 is 21.7 Å². The average Bonchev–Trinajstić information content (AvgIpc) is 3.40.